The second-order valence-corrected chi connectivity index (χ2v) is 14.3. The third-order valence-electron chi connectivity index (χ3n) is 10.7. The molecule has 0 bridgehead atoms. The van der Waals surface area contributed by atoms with Gasteiger partial charge < -0.3 is 39.1 Å². The van der Waals surface area contributed by atoms with E-state index in [1.165, 1.54) is 0 Å². The van der Waals surface area contributed by atoms with Crippen LogP contribution in [-0.2, 0) is 38.0 Å². The van der Waals surface area contributed by atoms with Crippen LogP contribution in [0.4, 0.5) is 11.4 Å². The van der Waals surface area contributed by atoms with Crippen molar-refractivity contribution in [2.24, 2.45) is 0 Å². The number of benzene rings is 8. The van der Waals surface area contributed by atoms with Crippen molar-refractivity contribution in [3.05, 3.63) is 134 Å². The lowest BCUT2D eigenvalue weighted by atomic mass is 9.93. The molecular weight excluding hydrogens is 733 g/mol. The molecule has 292 valence electrons. The number of ether oxygens (including phenoxy) is 6. The van der Waals surface area contributed by atoms with Crippen LogP contribution in [0.3, 0.4) is 0 Å². The molecule has 10 heteroatoms. The second kappa shape index (κ2) is 16.3. The van der Waals surface area contributed by atoms with E-state index >= 15 is 0 Å². The summed E-state index contributed by atoms with van der Waals surface area (Å²) < 4.78 is 35.3. The average Bonchev–Trinajstić information content (AvgIpc) is 3.24. The standard InChI is InChI=1S/C48H42N2O8/c1-29-45(47(51)49-39-19-15-35-11-9-31-5-3-7-33-13-17-37(39)43(35)41(31)33)57-27-23-54-22-26-56-30(2)46(58-28-24-53-21-25-55-29)48(52)50-40-20-16-36-12-10-32-6-4-8-34-14-18-38(40)44(36)42(32)34/h3-20,45-46H,1-2,21-28H2,(H,49,51)(H,50,52). The van der Waals surface area contributed by atoms with Gasteiger partial charge in [0.15, 0.2) is 12.2 Å². The Labute approximate surface area is 334 Å². The minimum Gasteiger partial charge on any atom is -0.493 e. The van der Waals surface area contributed by atoms with E-state index in [0.717, 1.165) is 64.6 Å². The van der Waals surface area contributed by atoms with Gasteiger partial charge in [0.1, 0.15) is 24.7 Å². The predicted octanol–water partition coefficient (Wildman–Crippen LogP) is 8.94. The van der Waals surface area contributed by atoms with Crippen LogP contribution in [0.15, 0.2) is 134 Å². The molecular formula is C48H42N2O8. The average molecular weight is 775 g/mol. The van der Waals surface area contributed by atoms with E-state index in [0.29, 0.717) is 11.4 Å². The van der Waals surface area contributed by atoms with Crippen molar-refractivity contribution in [3.8, 4) is 0 Å². The van der Waals surface area contributed by atoms with Gasteiger partial charge in [0, 0.05) is 22.1 Å². The van der Waals surface area contributed by atoms with E-state index < -0.39 is 24.0 Å². The zero-order valence-electron chi connectivity index (χ0n) is 31.9. The highest BCUT2D eigenvalue weighted by Crippen LogP contribution is 2.39. The number of carbonyl (C=O) groups excluding carboxylic acids is 2. The number of rotatable bonds is 4. The summed E-state index contributed by atoms with van der Waals surface area (Å²) in [6.45, 7) is 9.08. The summed E-state index contributed by atoms with van der Waals surface area (Å²) in [6.07, 6.45) is -2.24. The molecule has 1 aliphatic rings. The van der Waals surface area contributed by atoms with Gasteiger partial charge in [-0.3, -0.25) is 9.59 Å². The fourth-order valence-corrected chi connectivity index (χ4v) is 7.98. The molecule has 10 nitrogen and oxygen atoms in total. The summed E-state index contributed by atoms with van der Waals surface area (Å²) in [7, 11) is 0. The van der Waals surface area contributed by atoms with E-state index in [-0.39, 0.29) is 64.4 Å². The third kappa shape index (κ3) is 7.23. The highest BCUT2D eigenvalue weighted by molar-refractivity contribution is 6.27. The monoisotopic (exact) mass is 774 g/mol. The largest absolute Gasteiger partial charge is 0.493 e. The molecule has 0 aliphatic carbocycles. The van der Waals surface area contributed by atoms with Crippen molar-refractivity contribution in [3.63, 3.8) is 0 Å². The Balaban J connectivity index is 0.847. The number of nitrogens with one attached hydrogen (secondary N) is 2. The molecule has 2 unspecified atom stereocenters. The van der Waals surface area contributed by atoms with Crippen LogP contribution in [0.5, 0.6) is 0 Å². The third-order valence-corrected chi connectivity index (χ3v) is 10.7. The fraction of sp³-hybridized carbons (Fsp3) is 0.208. The molecule has 58 heavy (non-hydrogen) atoms. The molecule has 8 aromatic rings. The quantitative estimate of drug-likeness (QED) is 0.171. The van der Waals surface area contributed by atoms with Crippen LogP contribution in [0.25, 0.3) is 64.6 Å². The zero-order valence-corrected chi connectivity index (χ0v) is 31.9. The summed E-state index contributed by atoms with van der Waals surface area (Å²) in [4.78, 5) is 27.6. The van der Waals surface area contributed by atoms with Crippen LogP contribution in [0.2, 0.25) is 0 Å². The molecule has 1 fully saturated rings. The normalized spacial score (nSPS) is 18.3. The summed E-state index contributed by atoms with van der Waals surface area (Å²) in [5, 5.41) is 19.2. The lowest BCUT2D eigenvalue weighted by molar-refractivity contribution is -0.131. The highest BCUT2D eigenvalue weighted by atomic mass is 16.6. The molecule has 0 radical (unpaired) electrons. The molecule has 1 aliphatic heterocycles. The van der Waals surface area contributed by atoms with Crippen molar-refractivity contribution < 1.29 is 38.0 Å². The minimum atomic E-state index is -1.12. The van der Waals surface area contributed by atoms with Crippen molar-refractivity contribution in [1.29, 1.82) is 0 Å². The Kier molecular flexibility index (Phi) is 10.5. The molecule has 2 amide bonds. The Bertz CT molecular complexity index is 2590. The number of anilines is 2. The van der Waals surface area contributed by atoms with Gasteiger partial charge in [0.05, 0.1) is 39.6 Å². The molecule has 1 heterocycles. The van der Waals surface area contributed by atoms with Crippen molar-refractivity contribution in [1.82, 2.24) is 0 Å². The SMILES string of the molecule is C=C1OCCOCCOC(C(=O)Nc2ccc3ccc4cccc5ccc2c3c45)C(=C)OCCOCCOC1C(=O)Nc1ccc2ccc3cccc4ccc1c2c34. The maximum absolute atomic E-state index is 13.8. The van der Waals surface area contributed by atoms with Crippen LogP contribution < -0.4 is 10.6 Å². The number of amides is 2. The van der Waals surface area contributed by atoms with E-state index in [9.17, 15) is 9.59 Å². The first-order valence-electron chi connectivity index (χ1n) is 19.4. The van der Waals surface area contributed by atoms with Gasteiger partial charge in [-0.1, -0.05) is 110 Å². The van der Waals surface area contributed by atoms with E-state index in [1.807, 2.05) is 48.5 Å². The Hall–Kier alpha value is -6.30. The first-order valence-corrected chi connectivity index (χ1v) is 19.4. The van der Waals surface area contributed by atoms with Gasteiger partial charge in [0.2, 0.25) is 0 Å². The maximum atomic E-state index is 13.8. The summed E-state index contributed by atoms with van der Waals surface area (Å²) in [5.41, 5.74) is 1.32. The van der Waals surface area contributed by atoms with Gasteiger partial charge >= 0.3 is 0 Å². The van der Waals surface area contributed by atoms with Crippen LogP contribution in [0.1, 0.15) is 0 Å². The molecule has 2 N–H and O–H groups in total. The van der Waals surface area contributed by atoms with E-state index in [4.69, 9.17) is 28.4 Å². The number of hydrogen-bond donors (Lipinski definition) is 2. The Morgan fingerprint density at radius 1 is 0.431 bits per heavy atom. The van der Waals surface area contributed by atoms with Gasteiger partial charge in [-0.25, -0.2) is 0 Å². The molecule has 0 spiro atoms. The van der Waals surface area contributed by atoms with Crippen LogP contribution in [-0.4, -0.2) is 76.9 Å². The first kappa shape index (κ1) is 37.3. The van der Waals surface area contributed by atoms with Crippen LogP contribution in [0, 0.1) is 0 Å². The molecule has 0 aromatic heterocycles. The van der Waals surface area contributed by atoms with Crippen LogP contribution >= 0.6 is 0 Å². The lowest BCUT2D eigenvalue weighted by Crippen LogP contribution is -2.35. The second-order valence-electron chi connectivity index (χ2n) is 14.3. The van der Waals surface area contributed by atoms with Crippen molar-refractivity contribution in [2.45, 2.75) is 12.2 Å². The van der Waals surface area contributed by atoms with Crippen molar-refractivity contribution in [2.75, 3.05) is 63.5 Å². The van der Waals surface area contributed by atoms with Gasteiger partial charge in [-0.05, 0) is 66.0 Å². The molecule has 0 saturated carbocycles. The number of hydrogen-bond acceptors (Lipinski definition) is 8. The van der Waals surface area contributed by atoms with E-state index in [1.54, 1.807) is 0 Å². The van der Waals surface area contributed by atoms with Gasteiger partial charge in [-0.2, -0.15) is 0 Å². The molecule has 8 aromatic carbocycles. The topological polar surface area (TPSA) is 114 Å². The Morgan fingerprint density at radius 2 is 0.776 bits per heavy atom. The highest BCUT2D eigenvalue weighted by Gasteiger charge is 2.27. The zero-order chi connectivity index (χ0) is 39.6. The van der Waals surface area contributed by atoms with Gasteiger partial charge in [-0.15, -0.1) is 0 Å². The Morgan fingerprint density at radius 3 is 1.19 bits per heavy atom. The minimum absolute atomic E-state index is 0.0733. The number of carbonyl (C=O) groups is 2. The lowest BCUT2D eigenvalue weighted by Gasteiger charge is -2.23. The summed E-state index contributed by atoms with van der Waals surface area (Å²) in [5.74, 6) is -0.566. The molecule has 9 rings (SSSR count). The fourth-order valence-electron chi connectivity index (χ4n) is 7.98. The van der Waals surface area contributed by atoms with Gasteiger partial charge in [0.25, 0.3) is 11.8 Å². The molecule has 1 saturated heterocycles. The van der Waals surface area contributed by atoms with E-state index in [2.05, 4.69) is 84.5 Å². The smallest absolute Gasteiger partial charge is 0.261 e. The summed E-state index contributed by atoms with van der Waals surface area (Å²) in [6, 6.07) is 36.9. The maximum Gasteiger partial charge on any atom is 0.261 e. The van der Waals surface area contributed by atoms with Crippen molar-refractivity contribution >= 4 is 87.8 Å². The summed E-state index contributed by atoms with van der Waals surface area (Å²) >= 11 is 0. The molecule has 2 atom stereocenters. The predicted molar refractivity (Wildman–Crippen MR) is 229 cm³/mol. The first-order chi connectivity index (χ1) is 28.4.